The van der Waals surface area contributed by atoms with Gasteiger partial charge in [-0.05, 0) is 67.8 Å². The van der Waals surface area contributed by atoms with Gasteiger partial charge in [-0.25, -0.2) is 0 Å². The van der Waals surface area contributed by atoms with E-state index in [1.807, 2.05) is 54.6 Å². The number of benzene rings is 6. The quantitative estimate of drug-likeness (QED) is 0.140. The van der Waals surface area contributed by atoms with E-state index in [-0.39, 0.29) is 16.2 Å². The van der Waals surface area contributed by atoms with Gasteiger partial charge in [0.1, 0.15) is 17.2 Å². The molecule has 0 spiro atoms. The van der Waals surface area contributed by atoms with Gasteiger partial charge in [-0.3, -0.25) is 0 Å². The highest BCUT2D eigenvalue weighted by Crippen LogP contribution is 2.49. The summed E-state index contributed by atoms with van der Waals surface area (Å²) in [5.74, 6) is 2.07. The zero-order valence-electron chi connectivity index (χ0n) is 32.0. The first kappa shape index (κ1) is 36.9. The van der Waals surface area contributed by atoms with Gasteiger partial charge in [0.05, 0.1) is 0 Å². The van der Waals surface area contributed by atoms with Crippen molar-refractivity contribution in [1.29, 1.82) is 0 Å². The highest BCUT2D eigenvalue weighted by Gasteiger charge is 2.26. The molecule has 0 unspecified atom stereocenters. The van der Waals surface area contributed by atoms with Crippen LogP contribution in [-0.4, -0.2) is 0 Å². The maximum Gasteiger partial charge on any atom is 0.530 e. The van der Waals surface area contributed by atoms with Crippen molar-refractivity contribution in [2.45, 2.75) is 78.6 Å². The predicted octanol–water partition coefficient (Wildman–Crippen LogP) is 14.3. The van der Waals surface area contributed by atoms with Gasteiger partial charge >= 0.3 is 8.60 Å². The van der Waals surface area contributed by atoms with Crippen LogP contribution in [0.1, 0.15) is 79.0 Å². The Balaban J connectivity index is 1.39. The van der Waals surface area contributed by atoms with Gasteiger partial charge in [0.2, 0.25) is 0 Å². The van der Waals surface area contributed by atoms with Crippen molar-refractivity contribution < 1.29 is 13.6 Å². The topological polar surface area (TPSA) is 27.7 Å². The van der Waals surface area contributed by atoms with Crippen molar-refractivity contribution in [3.8, 4) is 50.6 Å². The highest BCUT2D eigenvalue weighted by molar-refractivity contribution is 7.43. The maximum absolute atomic E-state index is 6.84. The molecule has 4 heteroatoms. The smallest absolute Gasteiger partial charge is 0.408 e. The molecule has 0 N–H and O–H groups in total. The largest absolute Gasteiger partial charge is 0.530 e. The third kappa shape index (κ3) is 8.77. The number of hydrogen-bond donors (Lipinski definition) is 0. The van der Waals surface area contributed by atoms with Crippen molar-refractivity contribution in [2.24, 2.45) is 0 Å². The van der Waals surface area contributed by atoms with Crippen LogP contribution in [0.2, 0.25) is 0 Å². The van der Waals surface area contributed by atoms with Crippen molar-refractivity contribution in [3.63, 3.8) is 0 Å². The summed E-state index contributed by atoms with van der Waals surface area (Å²) in [5, 5.41) is 0. The molecule has 0 aliphatic carbocycles. The first-order valence-electron chi connectivity index (χ1n) is 18.1. The van der Waals surface area contributed by atoms with E-state index in [1.165, 1.54) is 16.7 Å². The molecule has 0 aliphatic heterocycles. The minimum absolute atomic E-state index is 0.0610. The molecular weight excluding hydrogens is 655 g/mol. The van der Waals surface area contributed by atoms with Gasteiger partial charge in [0.25, 0.3) is 0 Å². The Labute approximate surface area is 312 Å². The molecule has 0 amide bonds. The standard InChI is InChI=1S/C48H51O3P/c1-46(2,3)37-28-22-34(23-29-37)40-16-10-13-19-43(40)49-52(50-44-20-14-11-17-41(44)35-24-30-38(31-25-35)47(4,5)6)51-45-21-15-12-18-42(45)36-26-32-39(33-27-36)48(7,8)9/h10-33H,1-9H3. The summed E-state index contributed by atoms with van der Waals surface area (Å²) in [6.07, 6.45) is 0. The lowest BCUT2D eigenvalue weighted by molar-refractivity contribution is 0.390. The van der Waals surface area contributed by atoms with E-state index in [9.17, 15) is 0 Å². The number of hydrogen-bond acceptors (Lipinski definition) is 3. The zero-order chi connectivity index (χ0) is 37.1. The molecule has 52 heavy (non-hydrogen) atoms. The Kier molecular flexibility index (Phi) is 10.7. The molecule has 0 heterocycles. The van der Waals surface area contributed by atoms with Gasteiger partial charge < -0.3 is 13.6 Å². The molecule has 3 nitrogen and oxygen atoms in total. The molecule has 0 saturated carbocycles. The van der Waals surface area contributed by atoms with Gasteiger partial charge in [-0.1, -0.05) is 190 Å². The summed E-state index contributed by atoms with van der Waals surface area (Å²) in [5.41, 5.74) is 10.1. The summed E-state index contributed by atoms with van der Waals surface area (Å²) in [4.78, 5) is 0. The van der Waals surface area contributed by atoms with Crippen LogP contribution >= 0.6 is 8.60 Å². The summed E-state index contributed by atoms with van der Waals surface area (Å²) >= 11 is 0. The first-order valence-corrected chi connectivity index (χ1v) is 19.2. The molecule has 0 saturated heterocycles. The van der Waals surface area contributed by atoms with E-state index in [2.05, 4.69) is 153 Å². The fraction of sp³-hybridized carbons (Fsp3) is 0.250. The van der Waals surface area contributed by atoms with Crippen LogP contribution in [0.15, 0.2) is 146 Å². The number of rotatable bonds is 9. The Morgan fingerprint density at radius 1 is 0.308 bits per heavy atom. The third-order valence-electron chi connectivity index (χ3n) is 9.37. The Hall–Kier alpha value is -4.85. The van der Waals surface area contributed by atoms with Crippen molar-refractivity contribution in [3.05, 3.63) is 162 Å². The fourth-order valence-electron chi connectivity index (χ4n) is 6.10. The molecule has 0 radical (unpaired) electrons. The average molecular weight is 707 g/mol. The molecule has 6 aromatic rings. The highest BCUT2D eigenvalue weighted by atomic mass is 31.2. The summed E-state index contributed by atoms with van der Waals surface area (Å²) in [7, 11) is -1.98. The number of para-hydroxylation sites is 3. The molecule has 0 aromatic heterocycles. The van der Waals surface area contributed by atoms with E-state index in [4.69, 9.17) is 13.6 Å². The maximum atomic E-state index is 6.84. The molecular formula is C48H51O3P. The minimum Gasteiger partial charge on any atom is -0.408 e. The van der Waals surface area contributed by atoms with Gasteiger partial charge in [-0.2, -0.15) is 0 Å². The Bertz CT molecular complexity index is 1850. The average Bonchev–Trinajstić information content (AvgIpc) is 3.11. The molecule has 6 aromatic carbocycles. The van der Waals surface area contributed by atoms with Crippen molar-refractivity contribution in [1.82, 2.24) is 0 Å². The fourth-order valence-corrected chi connectivity index (χ4v) is 7.17. The predicted molar refractivity (Wildman–Crippen MR) is 221 cm³/mol. The molecule has 0 aliphatic rings. The van der Waals surface area contributed by atoms with Gasteiger partial charge in [-0.15, -0.1) is 0 Å². The summed E-state index contributed by atoms with van der Waals surface area (Å²) in [6, 6.07) is 50.5. The molecule has 0 bridgehead atoms. The monoisotopic (exact) mass is 706 g/mol. The molecule has 266 valence electrons. The summed E-state index contributed by atoms with van der Waals surface area (Å²) < 4.78 is 20.5. The van der Waals surface area contributed by atoms with E-state index in [0.717, 1.165) is 33.4 Å². The zero-order valence-corrected chi connectivity index (χ0v) is 32.9. The third-order valence-corrected chi connectivity index (χ3v) is 10.4. The normalized spacial score (nSPS) is 12.1. The second-order valence-corrected chi connectivity index (χ2v) is 17.5. The van der Waals surface area contributed by atoms with E-state index < -0.39 is 8.60 Å². The van der Waals surface area contributed by atoms with Gasteiger partial charge in [0.15, 0.2) is 0 Å². The van der Waals surface area contributed by atoms with Crippen molar-refractivity contribution >= 4 is 8.60 Å². The van der Waals surface area contributed by atoms with Crippen LogP contribution in [0, 0.1) is 0 Å². The van der Waals surface area contributed by atoms with E-state index >= 15 is 0 Å². The van der Waals surface area contributed by atoms with Crippen LogP contribution in [0.5, 0.6) is 17.2 Å². The van der Waals surface area contributed by atoms with Crippen LogP contribution in [0.4, 0.5) is 0 Å². The Morgan fingerprint density at radius 2 is 0.538 bits per heavy atom. The van der Waals surface area contributed by atoms with Crippen molar-refractivity contribution in [2.75, 3.05) is 0 Å². The van der Waals surface area contributed by atoms with Crippen LogP contribution in [0.3, 0.4) is 0 Å². The Morgan fingerprint density at radius 3 is 0.769 bits per heavy atom. The molecule has 6 rings (SSSR count). The lowest BCUT2D eigenvalue weighted by Gasteiger charge is -2.23. The lowest BCUT2D eigenvalue weighted by Crippen LogP contribution is -2.10. The second-order valence-electron chi connectivity index (χ2n) is 16.5. The first-order chi connectivity index (χ1) is 24.7. The van der Waals surface area contributed by atoms with Crippen LogP contribution in [0.25, 0.3) is 33.4 Å². The van der Waals surface area contributed by atoms with Gasteiger partial charge in [0, 0.05) is 16.7 Å². The SMILES string of the molecule is CC(C)(C)c1ccc(-c2ccccc2OP(Oc2ccccc2-c2ccc(C(C)(C)C)cc2)Oc2ccccc2-c2ccc(C(C)(C)C)cc2)cc1. The second kappa shape index (κ2) is 15.0. The summed E-state index contributed by atoms with van der Waals surface area (Å²) in [6.45, 7) is 20.1. The minimum atomic E-state index is -1.98. The lowest BCUT2D eigenvalue weighted by atomic mass is 9.86. The van der Waals surface area contributed by atoms with E-state index in [0.29, 0.717) is 17.2 Å². The molecule has 0 fully saturated rings. The van der Waals surface area contributed by atoms with Crippen LogP contribution in [-0.2, 0) is 16.2 Å². The van der Waals surface area contributed by atoms with Crippen LogP contribution < -0.4 is 13.6 Å². The van der Waals surface area contributed by atoms with E-state index in [1.54, 1.807) is 0 Å². The molecule has 0 atom stereocenters.